The van der Waals surface area contributed by atoms with Crippen molar-refractivity contribution in [2.24, 2.45) is 0 Å². The van der Waals surface area contributed by atoms with Crippen LogP contribution in [0.1, 0.15) is 51.2 Å². The Morgan fingerprint density at radius 2 is 1.93 bits per heavy atom. The van der Waals surface area contributed by atoms with E-state index in [1.54, 1.807) is 0 Å². The molecule has 1 aliphatic carbocycles. The Morgan fingerprint density at radius 1 is 1.20 bits per heavy atom. The molecule has 0 aromatic carbocycles. The second-order valence-electron chi connectivity index (χ2n) is 4.31. The lowest BCUT2D eigenvalue weighted by Gasteiger charge is -2.25. The van der Waals surface area contributed by atoms with Gasteiger partial charge in [-0.05, 0) is 42.0 Å². The molecule has 0 amide bonds. The van der Waals surface area contributed by atoms with Crippen LogP contribution in [0, 0.1) is 0 Å². The minimum atomic E-state index is 0.281. The first kappa shape index (κ1) is 10.4. The van der Waals surface area contributed by atoms with Crippen LogP contribution >= 0.6 is 0 Å². The fraction of sp³-hybridized carbons (Fsp3) is 0.500. The van der Waals surface area contributed by atoms with E-state index in [2.05, 4.69) is 37.9 Å². The molecule has 1 aliphatic rings. The van der Waals surface area contributed by atoms with Gasteiger partial charge >= 0.3 is 0 Å². The van der Waals surface area contributed by atoms with Gasteiger partial charge in [-0.15, -0.1) is 0 Å². The third kappa shape index (κ3) is 1.41. The summed E-state index contributed by atoms with van der Waals surface area (Å²) in [6.45, 7) is 6.79. The van der Waals surface area contributed by atoms with Gasteiger partial charge in [0.2, 0.25) is 0 Å². The van der Waals surface area contributed by atoms with Crippen LogP contribution < -0.4 is 0 Å². The summed E-state index contributed by atoms with van der Waals surface area (Å²) in [6.07, 6.45) is 9.90. The van der Waals surface area contributed by atoms with Crippen molar-refractivity contribution >= 4 is 5.57 Å². The van der Waals surface area contributed by atoms with E-state index >= 15 is 0 Å². The van der Waals surface area contributed by atoms with Gasteiger partial charge in [0.1, 0.15) is 0 Å². The monoisotopic (exact) mass is 201 g/mol. The summed E-state index contributed by atoms with van der Waals surface area (Å²) in [5.41, 5.74) is 4.62. The van der Waals surface area contributed by atoms with E-state index in [0.29, 0.717) is 0 Å². The summed E-state index contributed by atoms with van der Waals surface area (Å²) in [5.74, 6) is 0. The first-order chi connectivity index (χ1) is 7.27. The van der Waals surface area contributed by atoms with Gasteiger partial charge in [0, 0.05) is 17.8 Å². The highest BCUT2D eigenvalue weighted by Gasteiger charge is 2.34. The Hall–Kier alpha value is -1.11. The average Bonchev–Trinajstić information content (AvgIpc) is 2.64. The van der Waals surface area contributed by atoms with Gasteiger partial charge in [0.25, 0.3) is 0 Å². The fourth-order valence-corrected chi connectivity index (χ4v) is 2.70. The van der Waals surface area contributed by atoms with E-state index in [-0.39, 0.29) is 5.41 Å². The van der Waals surface area contributed by atoms with Crippen LogP contribution in [0.25, 0.3) is 5.57 Å². The van der Waals surface area contributed by atoms with Crippen LogP contribution in [0.15, 0.2) is 24.5 Å². The van der Waals surface area contributed by atoms with Gasteiger partial charge in [-0.25, -0.2) is 0 Å². The normalized spacial score (nSPS) is 17.4. The van der Waals surface area contributed by atoms with Gasteiger partial charge in [-0.1, -0.05) is 26.8 Å². The van der Waals surface area contributed by atoms with Crippen molar-refractivity contribution in [3.8, 4) is 0 Å². The molecule has 15 heavy (non-hydrogen) atoms. The molecule has 1 heteroatoms. The molecule has 0 unspecified atom stereocenters. The molecule has 1 heterocycles. The smallest absolute Gasteiger partial charge is 0.0346 e. The van der Waals surface area contributed by atoms with Crippen molar-refractivity contribution in [3.05, 3.63) is 35.7 Å². The highest BCUT2D eigenvalue weighted by atomic mass is 14.6. The summed E-state index contributed by atoms with van der Waals surface area (Å²) >= 11 is 0. The molecule has 1 aromatic rings. The highest BCUT2D eigenvalue weighted by Crippen LogP contribution is 2.45. The Labute approximate surface area is 92.2 Å². The molecule has 1 nitrogen and oxygen atoms in total. The van der Waals surface area contributed by atoms with E-state index < -0.39 is 0 Å². The Kier molecular flexibility index (Phi) is 2.64. The molecule has 0 N–H and O–H groups in total. The number of allylic oxidation sites excluding steroid dienone is 2. The molecule has 0 radical (unpaired) electrons. The minimum absolute atomic E-state index is 0.281. The molecular formula is C14H19N. The molecule has 0 bridgehead atoms. The van der Waals surface area contributed by atoms with E-state index in [4.69, 9.17) is 0 Å². The second-order valence-corrected chi connectivity index (χ2v) is 4.31. The quantitative estimate of drug-likeness (QED) is 0.721. The van der Waals surface area contributed by atoms with Crippen LogP contribution in [-0.2, 0) is 5.41 Å². The lowest BCUT2D eigenvalue weighted by atomic mass is 9.78. The van der Waals surface area contributed by atoms with Crippen LogP contribution in [0.2, 0.25) is 0 Å². The molecule has 0 fully saturated rings. The molecule has 2 rings (SSSR count). The molecule has 0 aliphatic heterocycles. The highest BCUT2D eigenvalue weighted by molar-refractivity contribution is 5.75. The lowest BCUT2D eigenvalue weighted by molar-refractivity contribution is 0.505. The summed E-state index contributed by atoms with van der Waals surface area (Å²) in [5, 5.41) is 0. The predicted octanol–water partition coefficient (Wildman–Crippen LogP) is 3.95. The van der Waals surface area contributed by atoms with Crippen molar-refractivity contribution < 1.29 is 0 Å². The Morgan fingerprint density at radius 3 is 2.53 bits per heavy atom. The van der Waals surface area contributed by atoms with Gasteiger partial charge in [0.15, 0.2) is 0 Å². The SMILES string of the molecule is CCC1=CC(CC)(CC)c2ccncc21. The predicted molar refractivity (Wildman–Crippen MR) is 64.8 cm³/mol. The number of aromatic nitrogens is 1. The van der Waals surface area contributed by atoms with Crippen LogP contribution in [0.3, 0.4) is 0 Å². The first-order valence-corrected chi connectivity index (χ1v) is 5.94. The van der Waals surface area contributed by atoms with E-state index in [1.807, 2.05) is 12.4 Å². The van der Waals surface area contributed by atoms with Gasteiger partial charge in [-0.2, -0.15) is 0 Å². The molecular weight excluding hydrogens is 182 g/mol. The third-order valence-electron chi connectivity index (χ3n) is 3.80. The van der Waals surface area contributed by atoms with Crippen molar-refractivity contribution in [1.29, 1.82) is 0 Å². The zero-order valence-electron chi connectivity index (χ0n) is 9.88. The Bertz CT molecular complexity index is 386. The average molecular weight is 201 g/mol. The molecule has 0 atom stereocenters. The maximum atomic E-state index is 4.25. The van der Waals surface area contributed by atoms with Crippen molar-refractivity contribution in [1.82, 2.24) is 4.98 Å². The number of hydrogen-bond acceptors (Lipinski definition) is 1. The topological polar surface area (TPSA) is 12.9 Å². The maximum Gasteiger partial charge on any atom is 0.0346 e. The standard InChI is InChI=1S/C14H19N/c1-4-11-9-14(5-2,6-3)13-7-8-15-10-12(11)13/h7-10H,4-6H2,1-3H3. The molecule has 80 valence electrons. The first-order valence-electron chi connectivity index (χ1n) is 5.94. The molecule has 1 aromatic heterocycles. The lowest BCUT2D eigenvalue weighted by Crippen LogP contribution is -2.19. The van der Waals surface area contributed by atoms with Crippen molar-refractivity contribution in [3.63, 3.8) is 0 Å². The van der Waals surface area contributed by atoms with E-state index in [1.165, 1.54) is 29.5 Å². The molecule has 0 spiro atoms. The van der Waals surface area contributed by atoms with Crippen LogP contribution in [0.5, 0.6) is 0 Å². The summed E-state index contributed by atoms with van der Waals surface area (Å²) in [7, 11) is 0. The van der Waals surface area contributed by atoms with Crippen molar-refractivity contribution in [2.45, 2.75) is 45.4 Å². The Balaban J connectivity index is 2.59. The van der Waals surface area contributed by atoms with Crippen LogP contribution in [0.4, 0.5) is 0 Å². The van der Waals surface area contributed by atoms with Gasteiger partial charge in [-0.3, -0.25) is 4.98 Å². The van der Waals surface area contributed by atoms with Gasteiger partial charge < -0.3 is 0 Å². The number of hydrogen-bond donors (Lipinski definition) is 0. The summed E-state index contributed by atoms with van der Waals surface area (Å²) < 4.78 is 0. The largest absolute Gasteiger partial charge is 0.264 e. The third-order valence-corrected chi connectivity index (χ3v) is 3.80. The van der Waals surface area contributed by atoms with E-state index in [9.17, 15) is 0 Å². The maximum absolute atomic E-state index is 4.25. The van der Waals surface area contributed by atoms with E-state index in [0.717, 1.165) is 6.42 Å². The van der Waals surface area contributed by atoms with Crippen molar-refractivity contribution in [2.75, 3.05) is 0 Å². The summed E-state index contributed by atoms with van der Waals surface area (Å²) in [6, 6.07) is 2.20. The minimum Gasteiger partial charge on any atom is -0.264 e. The zero-order chi connectivity index (χ0) is 10.9. The number of rotatable bonds is 3. The number of fused-ring (bicyclic) bond motifs is 1. The van der Waals surface area contributed by atoms with Gasteiger partial charge in [0.05, 0.1) is 0 Å². The number of pyridine rings is 1. The molecule has 0 saturated heterocycles. The fourth-order valence-electron chi connectivity index (χ4n) is 2.70. The molecule has 0 saturated carbocycles. The van der Waals surface area contributed by atoms with Crippen LogP contribution in [-0.4, -0.2) is 4.98 Å². The zero-order valence-corrected chi connectivity index (χ0v) is 9.88. The summed E-state index contributed by atoms with van der Waals surface area (Å²) in [4.78, 5) is 4.25. The number of nitrogens with zero attached hydrogens (tertiary/aromatic N) is 1. The second kappa shape index (κ2) is 3.80.